The van der Waals surface area contributed by atoms with E-state index in [0.717, 1.165) is 10.6 Å². The predicted octanol–water partition coefficient (Wildman–Crippen LogP) is 4.38. The average Bonchev–Trinajstić information content (AvgIpc) is 3.06. The Bertz CT molecular complexity index is 868. The third-order valence-electron chi connectivity index (χ3n) is 3.22. The summed E-state index contributed by atoms with van der Waals surface area (Å²) in [5.74, 6) is 0.499. The van der Waals surface area contributed by atoms with Gasteiger partial charge in [-0.05, 0) is 30.3 Å². The van der Waals surface area contributed by atoms with Gasteiger partial charge in [-0.15, -0.1) is 11.3 Å². The average molecular weight is 376 g/mol. The molecule has 0 fully saturated rings. The Hall–Kier alpha value is -2.64. The van der Waals surface area contributed by atoms with Crippen molar-refractivity contribution in [2.45, 2.75) is 6.54 Å². The largest absolute Gasteiger partial charge is 0.465 e. The van der Waals surface area contributed by atoms with E-state index in [1.807, 2.05) is 24.3 Å². The minimum Gasteiger partial charge on any atom is -0.465 e. The molecule has 8 heteroatoms. The third-order valence-corrected chi connectivity index (χ3v) is 4.34. The highest BCUT2D eigenvalue weighted by atomic mass is 35.5. The molecule has 0 aliphatic rings. The van der Waals surface area contributed by atoms with Gasteiger partial charge in [0.05, 0.1) is 19.2 Å². The number of hydrogen-bond donors (Lipinski definition) is 1. The van der Waals surface area contributed by atoms with Crippen molar-refractivity contribution in [3.8, 4) is 11.6 Å². The summed E-state index contributed by atoms with van der Waals surface area (Å²) in [7, 11) is 1.33. The first-order chi connectivity index (χ1) is 12.1. The zero-order chi connectivity index (χ0) is 17.6. The molecule has 2 heterocycles. The number of ether oxygens (including phenoxy) is 2. The number of esters is 1. The van der Waals surface area contributed by atoms with Crippen molar-refractivity contribution in [3.63, 3.8) is 0 Å². The second kappa shape index (κ2) is 7.96. The second-order valence-electron chi connectivity index (χ2n) is 4.93. The molecule has 0 saturated carbocycles. The maximum Gasteiger partial charge on any atom is 0.338 e. The number of carbonyl (C=O) groups is 1. The van der Waals surface area contributed by atoms with Crippen LogP contribution in [0.25, 0.3) is 0 Å². The number of halogens is 1. The van der Waals surface area contributed by atoms with Crippen LogP contribution in [0.5, 0.6) is 11.6 Å². The van der Waals surface area contributed by atoms with Crippen LogP contribution in [0.4, 0.5) is 5.69 Å². The molecular formula is C17H14ClN3O3S. The van der Waals surface area contributed by atoms with Crippen molar-refractivity contribution in [1.29, 1.82) is 0 Å². The lowest BCUT2D eigenvalue weighted by Gasteiger charge is -2.08. The molecule has 3 rings (SSSR count). The predicted molar refractivity (Wildman–Crippen MR) is 96.5 cm³/mol. The van der Waals surface area contributed by atoms with Gasteiger partial charge in [0, 0.05) is 29.0 Å². The summed E-state index contributed by atoms with van der Waals surface area (Å²) < 4.78 is 10.9. The standard InChI is InChI=1S/C17H14ClN3O3S/c1-23-16(22)11-6-7-19-15(8-11)24-13-4-2-12(3-5-13)20-9-14-10-21-17(18)25-14/h2-8,10,20H,9H2,1H3. The van der Waals surface area contributed by atoms with Gasteiger partial charge in [-0.25, -0.2) is 14.8 Å². The van der Waals surface area contributed by atoms with Crippen LogP contribution < -0.4 is 10.1 Å². The van der Waals surface area contributed by atoms with Crippen LogP contribution in [-0.4, -0.2) is 23.0 Å². The number of nitrogens with zero attached hydrogens (tertiary/aromatic N) is 2. The quantitative estimate of drug-likeness (QED) is 0.644. The fourth-order valence-corrected chi connectivity index (χ4v) is 2.94. The molecule has 3 aromatic rings. The third kappa shape index (κ3) is 4.68. The maximum atomic E-state index is 11.5. The minimum absolute atomic E-state index is 0.322. The lowest BCUT2D eigenvalue weighted by molar-refractivity contribution is 0.0600. The van der Waals surface area contributed by atoms with Gasteiger partial charge < -0.3 is 14.8 Å². The maximum absolute atomic E-state index is 11.5. The van der Waals surface area contributed by atoms with Crippen LogP contribution in [0.3, 0.4) is 0 Å². The second-order valence-corrected chi connectivity index (χ2v) is 6.63. The van der Waals surface area contributed by atoms with Crippen molar-refractivity contribution in [2.24, 2.45) is 0 Å². The molecular weight excluding hydrogens is 362 g/mol. The molecule has 0 saturated heterocycles. The smallest absolute Gasteiger partial charge is 0.338 e. The van der Waals surface area contributed by atoms with Gasteiger partial charge in [-0.3, -0.25) is 0 Å². The zero-order valence-corrected chi connectivity index (χ0v) is 14.8. The van der Waals surface area contributed by atoms with E-state index >= 15 is 0 Å². The first-order valence-electron chi connectivity index (χ1n) is 7.30. The highest BCUT2D eigenvalue weighted by Crippen LogP contribution is 2.23. The van der Waals surface area contributed by atoms with E-state index in [9.17, 15) is 4.79 Å². The Morgan fingerprint density at radius 3 is 2.72 bits per heavy atom. The van der Waals surface area contributed by atoms with Crippen molar-refractivity contribution < 1.29 is 14.3 Å². The first-order valence-corrected chi connectivity index (χ1v) is 8.50. The van der Waals surface area contributed by atoms with E-state index in [2.05, 4.69) is 20.0 Å². The van der Waals surface area contributed by atoms with Gasteiger partial charge in [0.15, 0.2) is 4.47 Å². The number of aromatic nitrogens is 2. The van der Waals surface area contributed by atoms with Crippen LogP contribution in [-0.2, 0) is 11.3 Å². The number of benzene rings is 1. The summed E-state index contributed by atoms with van der Waals surface area (Å²) in [6.07, 6.45) is 3.25. The van der Waals surface area contributed by atoms with Crippen LogP contribution in [0.1, 0.15) is 15.2 Å². The molecule has 6 nitrogen and oxygen atoms in total. The number of carbonyl (C=O) groups excluding carboxylic acids is 1. The molecule has 0 bridgehead atoms. The van der Waals surface area contributed by atoms with Crippen molar-refractivity contribution in [1.82, 2.24) is 9.97 Å². The number of nitrogens with one attached hydrogen (secondary N) is 1. The van der Waals surface area contributed by atoms with E-state index in [-0.39, 0.29) is 0 Å². The van der Waals surface area contributed by atoms with Crippen LogP contribution >= 0.6 is 22.9 Å². The summed E-state index contributed by atoms with van der Waals surface area (Å²) >= 11 is 7.25. The van der Waals surface area contributed by atoms with E-state index in [4.69, 9.17) is 16.3 Å². The number of hydrogen-bond acceptors (Lipinski definition) is 7. The molecule has 25 heavy (non-hydrogen) atoms. The van der Waals surface area contributed by atoms with Gasteiger partial charge >= 0.3 is 5.97 Å². The van der Waals surface area contributed by atoms with Crippen LogP contribution in [0.15, 0.2) is 48.8 Å². The highest BCUT2D eigenvalue weighted by molar-refractivity contribution is 7.15. The lowest BCUT2D eigenvalue weighted by atomic mass is 10.2. The van der Waals surface area contributed by atoms with Crippen LogP contribution in [0.2, 0.25) is 4.47 Å². The summed E-state index contributed by atoms with van der Waals surface area (Å²) in [5, 5.41) is 3.28. The van der Waals surface area contributed by atoms with Gasteiger partial charge in [-0.2, -0.15) is 0 Å². The highest BCUT2D eigenvalue weighted by Gasteiger charge is 2.08. The van der Waals surface area contributed by atoms with Gasteiger partial charge in [0.25, 0.3) is 0 Å². The van der Waals surface area contributed by atoms with Crippen LogP contribution in [0, 0.1) is 0 Å². The Kier molecular flexibility index (Phi) is 5.47. The fourth-order valence-electron chi connectivity index (χ4n) is 2.03. The summed E-state index contributed by atoms with van der Waals surface area (Å²) in [5.41, 5.74) is 1.32. The van der Waals surface area contributed by atoms with Crippen molar-refractivity contribution >= 4 is 34.6 Å². The Balaban J connectivity index is 1.61. The summed E-state index contributed by atoms with van der Waals surface area (Å²) in [4.78, 5) is 20.7. The van der Waals surface area contributed by atoms with E-state index in [1.54, 1.807) is 12.3 Å². The first kappa shape index (κ1) is 17.2. The Morgan fingerprint density at radius 1 is 1.24 bits per heavy atom. The summed E-state index contributed by atoms with van der Waals surface area (Å²) in [6, 6.07) is 10.5. The summed E-state index contributed by atoms with van der Waals surface area (Å²) in [6.45, 7) is 0.646. The van der Waals surface area contributed by atoms with Gasteiger partial charge in [0.2, 0.25) is 5.88 Å². The topological polar surface area (TPSA) is 73.3 Å². The number of methoxy groups -OCH3 is 1. The SMILES string of the molecule is COC(=O)c1ccnc(Oc2ccc(NCc3cnc(Cl)s3)cc2)c1. The number of thiazole rings is 1. The number of rotatable bonds is 6. The monoisotopic (exact) mass is 375 g/mol. The molecule has 1 aromatic carbocycles. The number of pyridine rings is 1. The molecule has 128 valence electrons. The van der Waals surface area contributed by atoms with E-state index in [0.29, 0.717) is 28.2 Å². The lowest BCUT2D eigenvalue weighted by Crippen LogP contribution is -2.01. The normalized spacial score (nSPS) is 10.3. The molecule has 0 amide bonds. The minimum atomic E-state index is -0.435. The van der Waals surface area contributed by atoms with Crippen molar-refractivity contribution in [2.75, 3.05) is 12.4 Å². The number of anilines is 1. The molecule has 0 radical (unpaired) electrons. The van der Waals surface area contributed by atoms with Gasteiger partial charge in [-0.1, -0.05) is 11.6 Å². The fraction of sp³-hybridized carbons (Fsp3) is 0.118. The van der Waals surface area contributed by atoms with E-state index in [1.165, 1.54) is 30.7 Å². The zero-order valence-electron chi connectivity index (χ0n) is 13.2. The van der Waals surface area contributed by atoms with Crippen molar-refractivity contribution in [3.05, 3.63) is 63.7 Å². The molecule has 0 unspecified atom stereocenters. The van der Waals surface area contributed by atoms with E-state index < -0.39 is 5.97 Å². The molecule has 0 aliphatic carbocycles. The molecule has 1 N–H and O–H groups in total. The molecule has 0 atom stereocenters. The van der Waals surface area contributed by atoms with Gasteiger partial charge in [0.1, 0.15) is 5.75 Å². The molecule has 0 spiro atoms. The molecule has 2 aromatic heterocycles. The Morgan fingerprint density at radius 2 is 2.04 bits per heavy atom. The molecule has 0 aliphatic heterocycles. The Labute approximate surface area is 153 Å².